The van der Waals surface area contributed by atoms with E-state index in [2.05, 4.69) is 4.98 Å². The van der Waals surface area contributed by atoms with Crippen molar-refractivity contribution in [3.8, 4) is 5.88 Å². The van der Waals surface area contributed by atoms with Crippen LogP contribution in [0.3, 0.4) is 0 Å². The summed E-state index contributed by atoms with van der Waals surface area (Å²) < 4.78 is 27.7. The molecule has 1 aliphatic rings. The van der Waals surface area contributed by atoms with E-state index in [1.807, 2.05) is 0 Å². The molecule has 6 heteroatoms. The van der Waals surface area contributed by atoms with Crippen LogP contribution in [0.2, 0.25) is 0 Å². The van der Waals surface area contributed by atoms with Gasteiger partial charge in [-0.2, -0.15) is 0 Å². The fourth-order valence-corrected chi connectivity index (χ4v) is 3.03. The zero-order chi connectivity index (χ0) is 11.1. The zero-order valence-electron chi connectivity index (χ0n) is 8.36. The smallest absolute Gasteiger partial charge is 0.237 e. The Hall–Kier alpha value is -1.30. The predicted octanol–water partition coefficient (Wildman–Crippen LogP) is 0.143. The molecule has 2 heterocycles. The molecule has 0 atom stereocenters. The van der Waals surface area contributed by atoms with Crippen LogP contribution < -0.4 is 10.5 Å². The van der Waals surface area contributed by atoms with Crippen LogP contribution in [0.4, 0.5) is 5.69 Å². The second-order valence-corrected chi connectivity index (χ2v) is 5.72. The number of hydrogen-bond acceptors (Lipinski definition) is 5. The van der Waals surface area contributed by atoms with Gasteiger partial charge in [0, 0.05) is 12.1 Å². The molecule has 0 radical (unpaired) electrons. The van der Waals surface area contributed by atoms with Crippen molar-refractivity contribution in [2.75, 3.05) is 18.6 Å². The third kappa shape index (κ3) is 1.90. The van der Waals surface area contributed by atoms with Crippen molar-refractivity contribution < 1.29 is 13.2 Å². The molecule has 5 nitrogen and oxygen atoms in total. The molecule has 1 aliphatic heterocycles. The number of hydrogen-bond donors (Lipinski definition) is 1. The lowest BCUT2D eigenvalue weighted by Crippen LogP contribution is -2.20. The van der Waals surface area contributed by atoms with Crippen LogP contribution >= 0.6 is 0 Å². The molecule has 0 saturated carbocycles. The molecular formula is C9H12N2O3S. The Morgan fingerprint density at radius 2 is 2.27 bits per heavy atom. The van der Waals surface area contributed by atoms with E-state index < -0.39 is 9.84 Å². The monoisotopic (exact) mass is 228 g/mol. The first kappa shape index (κ1) is 10.2. The van der Waals surface area contributed by atoms with Gasteiger partial charge in [0.15, 0.2) is 9.84 Å². The molecule has 0 fully saturated rings. The molecule has 2 N–H and O–H groups in total. The average Bonchev–Trinajstić information content (AvgIpc) is 2.15. The Labute approximate surface area is 88.2 Å². The van der Waals surface area contributed by atoms with Gasteiger partial charge >= 0.3 is 0 Å². The number of anilines is 1. The summed E-state index contributed by atoms with van der Waals surface area (Å²) in [6.07, 6.45) is 0.439. The summed E-state index contributed by atoms with van der Waals surface area (Å²) in [5.74, 6) is 0.553. The van der Waals surface area contributed by atoms with Crippen molar-refractivity contribution in [3.63, 3.8) is 0 Å². The van der Waals surface area contributed by atoms with E-state index in [1.54, 1.807) is 6.07 Å². The molecule has 1 aromatic rings. The number of pyridine rings is 1. The molecule has 0 bridgehead atoms. The van der Waals surface area contributed by atoms with E-state index >= 15 is 0 Å². The molecule has 2 rings (SSSR count). The summed E-state index contributed by atoms with van der Waals surface area (Å²) in [6.45, 7) is 0. The summed E-state index contributed by atoms with van der Waals surface area (Å²) in [6, 6.07) is 1.64. The summed E-state index contributed by atoms with van der Waals surface area (Å²) in [5.41, 5.74) is 7.51. The molecular weight excluding hydrogens is 216 g/mol. The number of nitrogen functional groups attached to an aromatic ring is 1. The Bertz CT molecular complexity index is 496. The van der Waals surface area contributed by atoms with Crippen LogP contribution in [-0.4, -0.2) is 26.3 Å². The number of aromatic nitrogens is 1. The predicted molar refractivity (Wildman–Crippen MR) is 56.4 cm³/mol. The third-order valence-corrected chi connectivity index (χ3v) is 3.98. The van der Waals surface area contributed by atoms with Crippen LogP contribution in [0.25, 0.3) is 0 Å². The van der Waals surface area contributed by atoms with Crippen molar-refractivity contribution in [1.82, 2.24) is 4.98 Å². The summed E-state index contributed by atoms with van der Waals surface area (Å²) in [5, 5.41) is 0. The lowest BCUT2D eigenvalue weighted by atomic mass is 10.1. The molecule has 0 unspecified atom stereocenters. The summed E-state index contributed by atoms with van der Waals surface area (Å²) in [7, 11) is -1.48. The van der Waals surface area contributed by atoms with E-state index in [0.29, 0.717) is 23.6 Å². The number of aryl methyl sites for hydroxylation is 1. The minimum Gasteiger partial charge on any atom is -0.480 e. The zero-order valence-corrected chi connectivity index (χ0v) is 9.17. The van der Waals surface area contributed by atoms with Crippen LogP contribution in [0.5, 0.6) is 5.88 Å². The third-order valence-electron chi connectivity index (χ3n) is 2.40. The highest BCUT2D eigenvalue weighted by Crippen LogP contribution is 2.26. The lowest BCUT2D eigenvalue weighted by Gasteiger charge is -2.16. The maximum absolute atomic E-state index is 11.4. The fourth-order valence-electron chi connectivity index (χ4n) is 1.66. The Morgan fingerprint density at radius 3 is 2.93 bits per heavy atom. The van der Waals surface area contributed by atoms with E-state index in [9.17, 15) is 8.42 Å². The number of ether oxygens (including phenoxy) is 1. The maximum Gasteiger partial charge on any atom is 0.237 e. The SMILES string of the molecule is COc1nc2c(cc1N)CS(=O)(=O)CC2. The van der Waals surface area contributed by atoms with Crippen LogP contribution in [0.15, 0.2) is 6.07 Å². The minimum atomic E-state index is -2.97. The summed E-state index contributed by atoms with van der Waals surface area (Å²) in [4.78, 5) is 4.19. The Morgan fingerprint density at radius 1 is 1.53 bits per heavy atom. The Balaban J connectivity index is 2.50. The van der Waals surface area contributed by atoms with Gasteiger partial charge in [-0.15, -0.1) is 0 Å². The van der Waals surface area contributed by atoms with Crippen molar-refractivity contribution in [2.24, 2.45) is 0 Å². The number of nitrogens with two attached hydrogens (primary N) is 1. The van der Waals surface area contributed by atoms with E-state index in [0.717, 1.165) is 5.69 Å². The van der Waals surface area contributed by atoms with E-state index in [-0.39, 0.29) is 11.5 Å². The first-order valence-corrected chi connectivity index (χ1v) is 6.36. The largest absolute Gasteiger partial charge is 0.480 e. The van der Waals surface area contributed by atoms with Gasteiger partial charge in [0.05, 0.1) is 24.3 Å². The van der Waals surface area contributed by atoms with Gasteiger partial charge in [0.2, 0.25) is 5.88 Å². The van der Waals surface area contributed by atoms with Gasteiger partial charge < -0.3 is 10.5 Å². The minimum absolute atomic E-state index is 0.0313. The van der Waals surface area contributed by atoms with Crippen molar-refractivity contribution in [3.05, 3.63) is 17.3 Å². The number of sulfone groups is 1. The molecule has 0 amide bonds. The average molecular weight is 228 g/mol. The number of nitrogens with zero attached hydrogens (tertiary/aromatic N) is 1. The van der Waals surface area contributed by atoms with Crippen molar-refractivity contribution >= 4 is 15.5 Å². The van der Waals surface area contributed by atoms with Crippen LogP contribution in [0.1, 0.15) is 11.3 Å². The fraction of sp³-hybridized carbons (Fsp3) is 0.444. The molecule has 0 spiro atoms. The van der Waals surface area contributed by atoms with Gasteiger partial charge in [-0.3, -0.25) is 0 Å². The lowest BCUT2D eigenvalue weighted by molar-refractivity contribution is 0.398. The Kier molecular flexibility index (Phi) is 2.30. The topological polar surface area (TPSA) is 82.3 Å². The molecule has 0 saturated heterocycles. The van der Waals surface area contributed by atoms with Gasteiger partial charge in [0.25, 0.3) is 0 Å². The van der Waals surface area contributed by atoms with Gasteiger partial charge in [0.1, 0.15) is 0 Å². The first-order valence-electron chi connectivity index (χ1n) is 4.54. The van der Waals surface area contributed by atoms with E-state index in [1.165, 1.54) is 7.11 Å². The number of methoxy groups -OCH3 is 1. The van der Waals surface area contributed by atoms with E-state index in [4.69, 9.17) is 10.5 Å². The number of rotatable bonds is 1. The summed E-state index contributed by atoms with van der Waals surface area (Å²) >= 11 is 0. The van der Waals surface area contributed by atoms with Gasteiger partial charge in [-0.25, -0.2) is 13.4 Å². The normalized spacial score (nSPS) is 18.2. The van der Waals surface area contributed by atoms with Gasteiger partial charge in [-0.1, -0.05) is 0 Å². The van der Waals surface area contributed by atoms with Crippen LogP contribution in [0, 0.1) is 0 Å². The molecule has 0 aliphatic carbocycles. The molecule has 15 heavy (non-hydrogen) atoms. The van der Waals surface area contributed by atoms with Gasteiger partial charge in [-0.05, 0) is 11.6 Å². The first-order chi connectivity index (χ1) is 7.02. The highest BCUT2D eigenvalue weighted by Gasteiger charge is 2.23. The van der Waals surface area contributed by atoms with Crippen molar-refractivity contribution in [2.45, 2.75) is 12.2 Å². The second kappa shape index (κ2) is 3.37. The highest BCUT2D eigenvalue weighted by atomic mass is 32.2. The maximum atomic E-state index is 11.4. The van der Waals surface area contributed by atoms with Crippen molar-refractivity contribution in [1.29, 1.82) is 0 Å². The number of fused-ring (bicyclic) bond motifs is 1. The highest BCUT2D eigenvalue weighted by molar-refractivity contribution is 7.90. The quantitative estimate of drug-likeness (QED) is 0.739. The standard InChI is InChI=1S/C9H12N2O3S/c1-14-9-7(10)4-6-5-15(12,13)3-2-8(6)11-9/h4H,2-3,5,10H2,1H3. The second-order valence-electron chi connectivity index (χ2n) is 3.53. The molecule has 0 aromatic carbocycles. The molecule has 82 valence electrons. The molecule has 1 aromatic heterocycles. The van der Waals surface area contributed by atoms with Crippen LogP contribution in [-0.2, 0) is 22.0 Å².